The number of hydrogen-bond acceptors (Lipinski definition) is 2. The molecule has 0 fully saturated rings. The second-order valence-corrected chi connectivity index (χ2v) is 4.88. The monoisotopic (exact) mass is 260 g/mol. The van der Waals surface area contributed by atoms with Crippen LogP contribution in [0.1, 0.15) is 11.1 Å². The summed E-state index contributed by atoms with van der Waals surface area (Å²) in [5.41, 5.74) is 7.87. The van der Waals surface area contributed by atoms with E-state index in [0.717, 1.165) is 25.0 Å². The van der Waals surface area contributed by atoms with E-state index in [1.807, 2.05) is 24.3 Å². The van der Waals surface area contributed by atoms with E-state index >= 15 is 0 Å². The normalized spacial score (nSPS) is 14.4. The Hall–Kier alpha value is -2.10. The summed E-state index contributed by atoms with van der Waals surface area (Å²) < 4.78 is 27.4. The molecule has 0 unspecified atom stereocenters. The summed E-state index contributed by atoms with van der Waals surface area (Å²) in [7, 11) is 0. The Balaban J connectivity index is 1.82. The van der Waals surface area contributed by atoms with Gasteiger partial charge >= 0.3 is 0 Å². The van der Waals surface area contributed by atoms with Crippen molar-refractivity contribution in [1.82, 2.24) is 0 Å². The Morgan fingerprint density at radius 2 is 1.53 bits per heavy atom. The first-order valence-electron chi connectivity index (χ1n) is 6.21. The van der Waals surface area contributed by atoms with Crippen LogP contribution in [0.2, 0.25) is 0 Å². The molecule has 3 N–H and O–H groups in total. The third kappa shape index (κ3) is 2.26. The van der Waals surface area contributed by atoms with Gasteiger partial charge in [-0.2, -0.15) is 0 Å². The van der Waals surface area contributed by atoms with E-state index in [1.54, 1.807) is 0 Å². The summed E-state index contributed by atoms with van der Waals surface area (Å²) in [6, 6.07) is 10.3. The summed E-state index contributed by atoms with van der Waals surface area (Å²) in [5.74, 6) is -1.29. The van der Waals surface area contributed by atoms with E-state index in [4.69, 9.17) is 5.73 Å². The smallest absolute Gasteiger partial charge is 0.151 e. The molecule has 1 aliphatic rings. The molecule has 2 nitrogen and oxygen atoms in total. The number of halogens is 2. The van der Waals surface area contributed by atoms with Crippen molar-refractivity contribution in [2.24, 2.45) is 0 Å². The molecule has 0 radical (unpaired) electrons. The van der Waals surface area contributed by atoms with Gasteiger partial charge in [-0.3, -0.25) is 0 Å². The quantitative estimate of drug-likeness (QED) is 0.814. The Morgan fingerprint density at radius 3 is 2.05 bits per heavy atom. The molecular formula is C15H14F2N2. The van der Waals surface area contributed by atoms with Gasteiger partial charge in [-0.05, 0) is 36.1 Å². The zero-order chi connectivity index (χ0) is 13.4. The third-order valence-corrected chi connectivity index (χ3v) is 3.46. The van der Waals surface area contributed by atoms with Crippen LogP contribution in [0.4, 0.5) is 20.2 Å². The van der Waals surface area contributed by atoms with Gasteiger partial charge in [0.05, 0.1) is 0 Å². The molecule has 0 bridgehead atoms. The average molecular weight is 260 g/mol. The predicted molar refractivity (Wildman–Crippen MR) is 72.0 cm³/mol. The highest BCUT2D eigenvalue weighted by Gasteiger charge is 2.23. The molecule has 0 atom stereocenters. The van der Waals surface area contributed by atoms with Gasteiger partial charge in [0.1, 0.15) is 5.69 Å². The average Bonchev–Trinajstić information content (AvgIpc) is 2.76. The summed E-state index contributed by atoms with van der Waals surface area (Å²) in [6.07, 6.45) is 1.55. The standard InChI is InChI=1S/C15H14F2N2/c16-13-7-11(18)8-14(17)15(13)19-12-5-9-3-1-2-4-10(9)6-12/h1-4,7-8,12,19H,5-6,18H2. The van der Waals surface area contributed by atoms with Crippen LogP contribution in [-0.2, 0) is 12.8 Å². The highest BCUT2D eigenvalue weighted by Crippen LogP contribution is 2.28. The van der Waals surface area contributed by atoms with E-state index in [1.165, 1.54) is 11.1 Å². The minimum Gasteiger partial charge on any atom is -0.399 e. The second-order valence-electron chi connectivity index (χ2n) is 4.88. The van der Waals surface area contributed by atoms with Crippen molar-refractivity contribution in [3.05, 3.63) is 59.2 Å². The molecule has 2 aromatic rings. The summed E-state index contributed by atoms with van der Waals surface area (Å²) in [6.45, 7) is 0. The molecule has 0 aliphatic heterocycles. The van der Waals surface area contributed by atoms with Crippen molar-refractivity contribution >= 4 is 11.4 Å². The molecule has 19 heavy (non-hydrogen) atoms. The zero-order valence-corrected chi connectivity index (χ0v) is 10.3. The fourth-order valence-electron chi connectivity index (χ4n) is 2.60. The molecule has 3 rings (SSSR count). The van der Waals surface area contributed by atoms with Gasteiger partial charge in [-0.25, -0.2) is 8.78 Å². The maximum absolute atomic E-state index is 13.7. The minimum absolute atomic E-state index is 0.0185. The van der Waals surface area contributed by atoms with Gasteiger partial charge in [0.2, 0.25) is 0 Å². The molecule has 0 heterocycles. The van der Waals surface area contributed by atoms with Crippen LogP contribution in [0.15, 0.2) is 36.4 Å². The van der Waals surface area contributed by atoms with Crippen LogP contribution < -0.4 is 11.1 Å². The molecule has 0 spiro atoms. The minimum atomic E-state index is -0.645. The van der Waals surface area contributed by atoms with E-state index < -0.39 is 11.6 Å². The van der Waals surface area contributed by atoms with Crippen LogP contribution in [0.3, 0.4) is 0 Å². The van der Waals surface area contributed by atoms with Crippen LogP contribution in [0.25, 0.3) is 0 Å². The summed E-state index contributed by atoms with van der Waals surface area (Å²) in [4.78, 5) is 0. The number of nitrogens with two attached hydrogens (primary N) is 1. The van der Waals surface area contributed by atoms with Crippen LogP contribution in [0, 0.1) is 11.6 Å². The van der Waals surface area contributed by atoms with Crippen molar-refractivity contribution in [3.8, 4) is 0 Å². The summed E-state index contributed by atoms with van der Waals surface area (Å²) >= 11 is 0. The van der Waals surface area contributed by atoms with Crippen molar-refractivity contribution in [3.63, 3.8) is 0 Å². The molecule has 0 amide bonds. The fraction of sp³-hybridized carbons (Fsp3) is 0.200. The first-order chi connectivity index (χ1) is 9.13. The van der Waals surface area contributed by atoms with E-state index in [2.05, 4.69) is 5.32 Å². The van der Waals surface area contributed by atoms with Crippen molar-refractivity contribution in [2.75, 3.05) is 11.1 Å². The largest absolute Gasteiger partial charge is 0.399 e. The SMILES string of the molecule is Nc1cc(F)c(NC2Cc3ccccc3C2)c(F)c1. The molecule has 4 heteroatoms. The number of anilines is 2. The molecule has 98 valence electrons. The number of hydrogen-bond donors (Lipinski definition) is 2. The lowest BCUT2D eigenvalue weighted by Gasteiger charge is -2.15. The van der Waals surface area contributed by atoms with Crippen LogP contribution in [-0.4, -0.2) is 6.04 Å². The van der Waals surface area contributed by atoms with Gasteiger partial charge in [-0.1, -0.05) is 24.3 Å². The molecule has 1 aliphatic carbocycles. The van der Waals surface area contributed by atoms with Gasteiger partial charge in [0, 0.05) is 11.7 Å². The lowest BCUT2D eigenvalue weighted by atomic mass is 10.1. The highest BCUT2D eigenvalue weighted by atomic mass is 19.1. The number of rotatable bonds is 2. The van der Waals surface area contributed by atoms with Gasteiger partial charge in [-0.15, -0.1) is 0 Å². The van der Waals surface area contributed by atoms with Crippen molar-refractivity contribution in [2.45, 2.75) is 18.9 Å². The van der Waals surface area contributed by atoms with Gasteiger partial charge in [0.15, 0.2) is 11.6 Å². The molecular weight excluding hydrogens is 246 g/mol. The summed E-state index contributed by atoms with van der Waals surface area (Å²) in [5, 5.41) is 2.95. The first-order valence-corrected chi connectivity index (χ1v) is 6.21. The number of nitrogen functional groups attached to an aromatic ring is 1. The fourth-order valence-corrected chi connectivity index (χ4v) is 2.60. The van der Waals surface area contributed by atoms with Crippen molar-refractivity contribution in [1.29, 1.82) is 0 Å². The topological polar surface area (TPSA) is 38.0 Å². The zero-order valence-electron chi connectivity index (χ0n) is 10.3. The van der Waals surface area contributed by atoms with Gasteiger partial charge < -0.3 is 11.1 Å². The Morgan fingerprint density at radius 1 is 1.00 bits per heavy atom. The van der Waals surface area contributed by atoms with E-state index in [9.17, 15) is 8.78 Å². The maximum Gasteiger partial charge on any atom is 0.151 e. The number of fused-ring (bicyclic) bond motifs is 1. The molecule has 2 aromatic carbocycles. The first kappa shape index (κ1) is 12.0. The molecule has 0 saturated heterocycles. The lowest BCUT2D eigenvalue weighted by Crippen LogP contribution is -2.21. The Kier molecular flexibility index (Phi) is 2.85. The van der Waals surface area contributed by atoms with Crippen molar-refractivity contribution < 1.29 is 8.78 Å². The van der Waals surface area contributed by atoms with Crippen LogP contribution >= 0.6 is 0 Å². The van der Waals surface area contributed by atoms with Crippen LogP contribution in [0.5, 0.6) is 0 Å². The Bertz CT molecular complexity index is 577. The molecule has 0 saturated carbocycles. The molecule has 0 aromatic heterocycles. The lowest BCUT2D eigenvalue weighted by molar-refractivity contribution is 0.583. The second kappa shape index (κ2) is 4.53. The van der Waals surface area contributed by atoms with E-state index in [-0.39, 0.29) is 17.4 Å². The van der Waals surface area contributed by atoms with E-state index in [0.29, 0.717) is 0 Å². The third-order valence-electron chi connectivity index (χ3n) is 3.46. The Labute approximate surface area is 110 Å². The number of nitrogens with one attached hydrogen (secondary N) is 1. The highest BCUT2D eigenvalue weighted by molar-refractivity contribution is 5.55. The maximum atomic E-state index is 13.7. The number of benzene rings is 2. The van der Waals surface area contributed by atoms with Gasteiger partial charge in [0.25, 0.3) is 0 Å². The predicted octanol–water partition coefficient (Wildman–Crippen LogP) is 3.13.